The summed E-state index contributed by atoms with van der Waals surface area (Å²) in [4.78, 5) is 21.6. The average Bonchev–Trinajstić information content (AvgIpc) is 3.74. The van der Waals surface area contributed by atoms with Crippen LogP contribution >= 0.6 is 11.6 Å². The lowest BCUT2D eigenvalue weighted by Gasteiger charge is -2.15. The van der Waals surface area contributed by atoms with Crippen molar-refractivity contribution < 1.29 is 13.9 Å². The second-order valence-corrected chi connectivity index (χ2v) is 9.18. The molecule has 1 unspecified atom stereocenters. The first-order valence-electron chi connectivity index (χ1n) is 11.3. The van der Waals surface area contributed by atoms with Gasteiger partial charge in [-0.15, -0.1) is 0 Å². The van der Waals surface area contributed by atoms with Crippen LogP contribution in [0, 0.1) is 29.5 Å². The monoisotopic (exact) mass is 465 g/mol. The van der Waals surface area contributed by atoms with E-state index in [2.05, 4.69) is 28.3 Å². The van der Waals surface area contributed by atoms with Crippen LogP contribution < -0.4 is 10.1 Å². The van der Waals surface area contributed by atoms with Gasteiger partial charge in [-0.05, 0) is 79.5 Å². The topological polar surface area (TPSA) is 64.1 Å². The van der Waals surface area contributed by atoms with E-state index in [1.165, 1.54) is 23.9 Å². The van der Waals surface area contributed by atoms with Crippen molar-refractivity contribution in [3.05, 3.63) is 71.3 Å². The Labute approximate surface area is 197 Å². The van der Waals surface area contributed by atoms with E-state index in [-0.39, 0.29) is 23.6 Å². The molecule has 2 aliphatic rings. The molecule has 2 aliphatic carbocycles. The minimum Gasteiger partial charge on any atom is -0.489 e. The third kappa shape index (κ3) is 4.71. The number of allylic oxidation sites excluding steroid dienone is 1. The molecule has 2 aromatic heterocycles. The molecule has 1 N–H and O–H groups in total. The molecule has 3 atom stereocenters. The van der Waals surface area contributed by atoms with E-state index in [9.17, 15) is 9.18 Å². The number of hydrogen-bond acceptors (Lipinski definition) is 4. The van der Waals surface area contributed by atoms with Gasteiger partial charge in [0.2, 0.25) is 5.91 Å². The highest BCUT2D eigenvalue weighted by atomic mass is 35.5. The fraction of sp³-hybridized carbons (Fsp3) is 0.346. The molecule has 0 spiro atoms. The molecule has 3 aromatic rings. The summed E-state index contributed by atoms with van der Waals surface area (Å²) in [5, 5.41) is 4.17. The van der Waals surface area contributed by atoms with Crippen LogP contribution in [-0.2, 0) is 4.79 Å². The largest absolute Gasteiger partial charge is 0.489 e. The summed E-state index contributed by atoms with van der Waals surface area (Å²) in [6.07, 6.45) is 8.43. The Morgan fingerprint density at radius 3 is 2.85 bits per heavy atom. The van der Waals surface area contributed by atoms with Gasteiger partial charge < -0.3 is 10.1 Å². The van der Waals surface area contributed by atoms with E-state index >= 15 is 0 Å². The third-order valence-electron chi connectivity index (χ3n) is 6.60. The van der Waals surface area contributed by atoms with Crippen LogP contribution in [0.5, 0.6) is 5.75 Å². The summed E-state index contributed by atoms with van der Waals surface area (Å²) in [6, 6.07) is 9.68. The van der Waals surface area contributed by atoms with Crippen LogP contribution in [0.25, 0.3) is 10.9 Å². The predicted octanol–water partition coefficient (Wildman–Crippen LogP) is 6.05. The van der Waals surface area contributed by atoms with Gasteiger partial charge in [0.05, 0.1) is 10.5 Å². The summed E-state index contributed by atoms with van der Waals surface area (Å²) >= 11 is 5.90. The van der Waals surface area contributed by atoms with Gasteiger partial charge in [0.15, 0.2) is 0 Å². The number of hydrogen-bond donors (Lipinski definition) is 1. The number of benzene rings is 1. The van der Waals surface area contributed by atoms with Gasteiger partial charge in [-0.25, -0.2) is 9.37 Å². The molecule has 2 heterocycles. The maximum atomic E-state index is 13.7. The smallest absolute Gasteiger partial charge is 0.229 e. The number of anilines is 1. The van der Waals surface area contributed by atoms with Crippen molar-refractivity contribution in [1.29, 1.82) is 0 Å². The fourth-order valence-corrected chi connectivity index (χ4v) is 4.94. The molecule has 0 radical (unpaired) electrons. The Balaban J connectivity index is 1.29. The first-order valence-corrected chi connectivity index (χ1v) is 11.7. The van der Waals surface area contributed by atoms with Crippen molar-refractivity contribution in [2.24, 2.45) is 23.7 Å². The zero-order valence-electron chi connectivity index (χ0n) is 18.3. The van der Waals surface area contributed by atoms with Crippen molar-refractivity contribution in [2.45, 2.75) is 26.2 Å². The molecule has 2 fully saturated rings. The fourth-order valence-electron chi connectivity index (χ4n) is 4.83. The van der Waals surface area contributed by atoms with E-state index in [0.29, 0.717) is 45.9 Å². The summed E-state index contributed by atoms with van der Waals surface area (Å²) in [6.45, 7) is 2.52. The maximum Gasteiger partial charge on any atom is 0.229 e. The molecule has 1 amide bonds. The molecule has 170 valence electrons. The van der Waals surface area contributed by atoms with Gasteiger partial charge in [0, 0.05) is 23.7 Å². The number of pyridine rings is 2. The Kier molecular flexibility index (Phi) is 6.02. The number of fused-ring (bicyclic) bond motifs is 1. The molecular formula is C26H25ClFN3O2. The lowest BCUT2D eigenvalue weighted by atomic mass is 9.94. The standard InChI is InChI=1S/C26H25ClFN3O2/c1-2-18-19(10-12-33-22-9-11-29-21-7-6-17(28)13-20(21)22)25(18)24(15-3-4-15)26(32)31-23-8-5-16(27)14-30-23/h5-11,13-15,18,24-25H,2-4,12H2,1H3,(H,30,31,32)/b19-10-/t18-,24?,25+/m1/s1. The highest BCUT2D eigenvalue weighted by Gasteiger charge is 2.54. The molecule has 33 heavy (non-hydrogen) atoms. The highest BCUT2D eigenvalue weighted by Crippen LogP contribution is 2.58. The molecule has 5 rings (SSSR count). The van der Waals surface area contributed by atoms with Gasteiger partial charge in [-0.3, -0.25) is 9.78 Å². The quantitative estimate of drug-likeness (QED) is 0.411. The second kappa shape index (κ2) is 9.10. The third-order valence-corrected chi connectivity index (χ3v) is 6.82. The summed E-state index contributed by atoms with van der Waals surface area (Å²) in [5.74, 6) is 1.79. The minimum atomic E-state index is -0.319. The van der Waals surface area contributed by atoms with Crippen LogP contribution in [0.4, 0.5) is 10.2 Å². The van der Waals surface area contributed by atoms with Crippen molar-refractivity contribution in [3.8, 4) is 5.75 Å². The Hall–Kier alpha value is -2.99. The first kappa shape index (κ1) is 21.8. The van der Waals surface area contributed by atoms with Gasteiger partial charge in [-0.1, -0.05) is 24.1 Å². The summed E-state index contributed by atoms with van der Waals surface area (Å²) in [5.41, 5.74) is 1.97. The molecule has 5 nitrogen and oxygen atoms in total. The number of halogens is 2. The van der Waals surface area contributed by atoms with E-state index in [4.69, 9.17) is 16.3 Å². The van der Waals surface area contributed by atoms with Crippen LogP contribution in [0.3, 0.4) is 0 Å². The van der Waals surface area contributed by atoms with E-state index in [1.807, 2.05) is 0 Å². The average molecular weight is 466 g/mol. The second-order valence-electron chi connectivity index (χ2n) is 8.74. The minimum absolute atomic E-state index is 0.0238. The Morgan fingerprint density at radius 1 is 1.27 bits per heavy atom. The van der Waals surface area contributed by atoms with Gasteiger partial charge >= 0.3 is 0 Å². The number of nitrogens with one attached hydrogen (secondary N) is 1. The number of amides is 1. The van der Waals surface area contributed by atoms with Gasteiger partial charge in [0.1, 0.15) is 24.0 Å². The molecule has 0 saturated heterocycles. The molecule has 7 heteroatoms. The lowest BCUT2D eigenvalue weighted by Crippen LogP contribution is -2.27. The van der Waals surface area contributed by atoms with E-state index in [0.717, 1.165) is 19.3 Å². The van der Waals surface area contributed by atoms with Crippen molar-refractivity contribution in [3.63, 3.8) is 0 Å². The highest BCUT2D eigenvalue weighted by molar-refractivity contribution is 6.30. The van der Waals surface area contributed by atoms with Gasteiger partial charge in [0.25, 0.3) is 0 Å². The first-order chi connectivity index (χ1) is 16.0. The SMILES string of the molecule is CC[C@@H]1/C(=C/COc2ccnc3ccc(F)cc23)[C@H]1C(C(=O)Nc1ccc(Cl)cn1)C1CC1. The van der Waals surface area contributed by atoms with Crippen LogP contribution in [0.15, 0.2) is 60.4 Å². The Morgan fingerprint density at radius 2 is 2.12 bits per heavy atom. The zero-order valence-corrected chi connectivity index (χ0v) is 19.1. The van der Waals surface area contributed by atoms with Crippen molar-refractivity contribution in [1.82, 2.24) is 9.97 Å². The van der Waals surface area contributed by atoms with Crippen molar-refractivity contribution in [2.75, 3.05) is 11.9 Å². The predicted molar refractivity (Wildman–Crippen MR) is 127 cm³/mol. The molecular weight excluding hydrogens is 441 g/mol. The number of nitrogens with zero attached hydrogens (tertiary/aromatic N) is 2. The summed E-state index contributed by atoms with van der Waals surface area (Å²) in [7, 11) is 0. The number of aromatic nitrogens is 2. The molecule has 1 aromatic carbocycles. The maximum absolute atomic E-state index is 13.7. The van der Waals surface area contributed by atoms with Crippen molar-refractivity contribution >= 4 is 34.2 Å². The number of ether oxygens (including phenoxy) is 1. The Bertz CT molecular complexity index is 1210. The van der Waals surface area contributed by atoms with Crippen LogP contribution in [0.2, 0.25) is 5.02 Å². The molecule has 2 saturated carbocycles. The number of carbonyl (C=O) groups excluding carboxylic acids is 1. The number of carbonyl (C=O) groups is 1. The van der Waals surface area contributed by atoms with E-state index < -0.39 is 0 Å². The number of rotatable bonds is 8. The normalized spacial score (nSPS) is 21.7. The zero-order chi connectivity index (χ0) is 22.9. The molecule has 0 aliphatic heterocycles. The summed E-state index contributed by atoms with van der Waals surface area (Å²) < 4.78 is 19.7. The van der Waals surface area contributed by atoms with Gasteiger partial charge in [-0.2, -0.15) is 0 Å². The lowest BCUT2D eigenvalue weighted by molar-refractivity contribution is -0.121. The van der Waals surface area contributed by atoms with Crippen LogP contribution in [-0.4, -0.2) is 22.5 Å². The van der Waals surface area contributed by atoms with E-state index in [1.54, 1.807) is 30.5 Å². The van der Waals surface area contributed by atoms with Crippen LogP contribution in [0.1, 0.15) is 26.2 Å². The molecule has 0 bridgehead atoms.